The van der Waals surface area contributed by atoms with Gasteiger partial charge < -0.3 is 15.4 Å². The third-order valence-corrected chi connectivity index (χ3v) is 4.16. The fraction of sp³-hybridized carbons (Fsp3) is 0.444. The number of carbonyl (C=O) groups is 1. The Bertz CT molecular complexity index is 750. The number of anilines is 1. The largest absolute Gasteiger partial charge is 0.475 e. The molecule has 1 atom stereocenters. The summed E-state index contributed by atoms with van der Waals surface area (Å²) in [6.45, 7) is 5.22. The van der Waals surface area contributed by atoms with E-state index in [2.05, 4.69) is 15.0 Å². The van der Waals surface area contributed by atoms with Crippen LogP contribution in [0.5, 0.6) is 5.88 Å². The lowest BCUT2D eigenvalue weighted by Crippen LogP contribution is -2.39. The van der Waals surface area contributed by atoms with Crippen LogP contribution in [0.15, 0.2) is 30.6 Å². The Hall–Kier alpha value is -2.70. The minimum atomic E-state index is -0.0114. The van der Waals surface area contributed by atoms with Gasteiger partial charge in [-0.1, -0.05) is 0 Å². The molecule has 0 spiro atoms. The fourth-order valence-corrected chi connectivity index (χ4v) is 3.05. The van der Waals surface area contributed by atoms with Crippen molar-refractivity contribution in [2.75, 3.05) is 18.8 Å². The molecule has 7 nitrogen and oxygen atoms in total. The highest BCUT2D eigenvalue weighted by atomic mass is 16.5. The van der Waals surface area contributed by atoms with Crippen LogP contribution in [0, 0.1) is 0 Å². The van der Waals surface area contributed by atoms with Gasteiger partial charge in [-0.05, 0) is 38.8 Å². The second-order valence-electron chi connectivity index (χ2n) is 6.48. The number of rotatable bonds is 4. The molecule has 1 amide bonds. The van der Waals surface area contributed by atoms with Crippen LogP contribution in [-0.4, -0.2) is 45.0 Å². The molecule has 1 aliphatic heterocycles. The Morgan fingerprint density at radius 1 is 1.32 bits per heavy atom. The molecule has 7 heteroatoms. The topological polar surface area (TPSA) is 94.2 Å². The van der Waals surface area contributed by atoms with Crippen molar-refractivity contribution >= 4 is 11.9 Å². The molecule has 2 aromatic heterocycles. The van der Waals surface area contributed by atoms with Crippen molar-refractivity contribution in [3.63, 3.8) is 0 Å². The Balaban J connectivity index is 1.74. The first-order valence-electron chi connectivity index (χ1n) is 8.53. The van der Waals surface area contributed by atoms with Gasteiger partial charge in [-0.3, -0.25) is 4.79 Å². The lowest BCUT2D eigenvalue weighted by atomic mass is 9.94. The zero-order valence-electron chi connectivity index (χ0n) is 14.6. The Morgan fingerprint density at radius 2 is 2.12 bits per heavy atom. The van der Waals surface area contributed by atoms with Gasteiger partial charge in [-0.2, -0.15) is 0 Å². The molecule has 1 fully saturated rings. The molecular weight excluding hydrogens is 318 g/mol. The van der Waals surface area contributed by atoms with Gasteiger partial charge >= 0.3 is 0 Å². The Kier molecular flexibility index (Phi) is 5.11. The van der Waals surface area contributed by atoms with E-state index in [1.54, 1.807) is 24.5 Å². The molecule has 0 saturated carbocycles. The summed E-state index contributed by atoms with van der Waals surface area (Å²) in [6, 6.07) is 5.30. The number of aromatic nitrogens is 3. The molecule has 1 saturated heterocycles. The van der Waals surface area contributed by atoms with Crippen molar-refractivity contribution in [3.8, 4) is 5.88 Å². The second kappa shape index (κ2) is 7.46. The van der Waals surface area contributed by atoms with E-state index in [1.807, 2.05) is 24.8 Å². The Morgan fingerprint density at radius 3 is 2.88 bits per heavy atom. The first kappa shape index (κ1) is 17.1. The van der Waals surface area contributed by atoms with E-state index < -0.39 is 0 Å². The van der Waals surface area contributed by atoms with Gasteiger partial charge in [0, 0.05) is 43.0 Å². The van der Waals surface area contributed by atoms with Gasteiger partial charge in [0.05, 0.1) is 11.8 Å². The third-order valence-electron chi connectivity index (χ3n) is 4.16. The summed E-state index contributed by atoms with van der Waals surface area (Å²) in [7, 11) is 0. The molecule has 0 aliphatic carbocycles. The van der Waals surface area contributed by atoms with Crippen LogP contribution in [0.25, 0.3) is 0 Å². The van der Waals surface area contributed by atoms with Gasteiger partial charge in [0.2, 0.25) is 11.8 Å². The van der Waals surface area contributed by atoms with Crippen LogP contribution in [0.3, 0.4) is 0 Å². The number of nitrogens with zero attached hydrogens (tertiary/aromatic N) is 4. The molecular formula is C18H23N5O2. The first-order valence-corrected chi connectivity index (χ1v) is 8.53. The number of hydrogen-bond acceptors (Lipinski definition) is 6. The molecule has 3 heterocycles. The van der Waals surface area contributed by atoms with E-state index in [0.717, 1.165) is 25.1 Å². The minimum absolute atomic E-state index is 0.0114. The summed E-state index contributed by atoms with van der Waals surface area (Å²) >= 11 is 0. The van der Waals surface area contributed by atoms with Gasteiger partial charge in [0.25, 0.3) is 5.91 Å². The predicted molar refractivity (Wildman–Crippen MR) is 94.3 cm³/mol. The lowest BCUT2D eigenvalue weighted by molar-refractivity contribution is 0.0705. The molecule has 0 aromatic carbocycles. The summed E-state index contributed by atoms with van der Waals surface area (Å²) in [5.41, 5.74) is 7.17. The number of carbonyl (C=O) groups excluding carboxylic acids is 1. The standard InChI is InChI=1S/C18H23N5O2/c1-12(2)25-16-10-13(5-7-20-16)17(24)23-9-3-4-14(11-23)15-6-8-21-18(19)22-15/h5-8,10,12,14H,3-4,9,11H2,1-2H3,(H2,19,21,22). The van der Waals surface area contributed by atoms with Gasteiger partial charge in [-0.25, -0.2) is 15.0 Å². The summed E-state index contributed by atoms with van der Waals surface area (Å²) in [4.78, 5) is 27.1. The number of ether oxygens (including phenoxy) is 1. The van der Waals surface area contributed by atoms with Crippen LogP contribution >= 0.6 is 0 Å². The molecule has 1 aliphatic rings. The van der Waals surface area contributed by atoms with Crippen molar-refractivity contribution in [3.05, 3.63) is 41.9 Å². The zero-order chi connectivity index (χ0) is 17.8. The predicted octanol–water partition coefficient (Wildman–Crippen LogP) is 2.26. The first-order chi connectivity index (χ1) is 12.0. The third kappa shape index (κ3) is 4.23. The highest BCUT2D eigenvalue weighted by Gasteiger charge is 2.26. The second-order valence-corrected chi connectivity index (χ2v) is 6.48. The highest BCUT2D eigenvalue weighted by molar-refractivity contribution is 5.94. The van der Waals surface area contributed by atoms with Crippen LogP contribution < -0.4 is 10.5 Å². The molecule has 3 rings (SSSR count). The van der Waals surface area contributed by atoms with Gasteiger partial charge in [0.1, 0.15) is 0 Å². The van der Waals surface area contributed by atoms with E-state index in [1.165, 1.54) is 0 Å². The zero-order valence-corrected chi connectivity index (χ0v) is 14.6. The maximum atomic E-state index is 12.9. The number of piperidine rings is 1. The average Bonchev–Trinajstić information content (AvgIpc) is 2.61. The number of likely N-dealkylation sites (tertiary alicyclic amines) is 1. The average molecular weight is 341 g/mol. The van der Waals surface area contributed by atoms with E-state index in [-0.39, 0.29) is 23.9 Å². The van der Waals surface area contributed by atoms with Crippen LogP contribution in [-0.2, 0) is 0 Å². The number of amides is 1. The number of hydrogen-bond donors (Lipinski definition) is 1. The van der Waals surface area contributed by atoms with E-state index in [9.17, 15) is 4.79 Å². The molecule has 1 unspecified atom stereocenters. The van der Waals surface area contributed by atoms with E-state index in [4.69, 9.17) is 10.5 Å². The number of nitrogens with two attached hydrogens (primary N) is 1. The molecule has 132 valence electrons. The van der Waals surface area contributed by atoms with Crippen molar-refractivity contribution < 1.29 is 9.53 Å². The SMILES string of the molecule is CC(C)Oc1cc(C(=O)N2CCCC(c3ccnc(N)n3)C2)ccn1. The summed E-state index contributed by atoms with van der Waals surface area (Å²) in [5, 5.41) is 0. The Labute approximate surface area is 147 Å². The van der Waals surface area contributed by atoms with Crippen LogP contribution in [0.1, 0.15) is 48.7 Å². The molecule has 2 N–H and O–H groups in total. The van der Waals surface area contributed by atoms with Gasteiger partial charge in [0.15, 0.2) is 0 Å². The monoisotopic (exact) mass is 341 g/mol. The summed E-state index contributed by atoms with van der Waals surface area (Å²) in [5.74, 6) is 0.905. The number of pyridine rings is 1. The molecule has 0 radical (unpaired) electrons. The van der Waals surface area contributed by atoms with Crippen molar-refractivity contribution in [2.45, 2.75) is 38.7 Å². The van der Waals surface area contributed by atoms with Gasteiger partial charge in [-0.15, -0.1) is 0 Å². The quantitative estimate of drug-likeness (QED) is 0.917. The van der Waals surface area contributed by atoms with Crippen LogP contribution in [0.4, 0.5) is 5.95 Å². The summed E-state index contributed by atoms with van der Waals surface area (Å²) < 4.78 is 5.58. The maximum absolute atomic E-state index is 12.9. The fourth-order valence-electron chi connectivity index (χ4n) is 3.05. The maximum Gasteiger partial charge on any atom is 0.254 e. The summed E-state index contributed by atoms with van der Waals surface area (Å²) in [6.07, 6.45) is 5.20. The van der Waals surface area contributed by atoms with Crippen LogP contribution in [0.2, 0.25) is 0 Å². The molecule has 2 aromatic rings. The van der Waals surface area contributed by atoms with E-state index >= 15 is 0 Å². The van der Waals surface area contributed by atoms with Crippen molar-refractivity contribution in [2.24, 2.45) is 0 Å². The highest BCUT2D eigenvalue weighted by Crippen LogP contribution is 2.27. The van der Waals surface area contributed by atoms with E-state index in [0.29, 0.717) is 18.0 Å². The normalized spacial score (nSPS) is 17.6. The van der Waals surface area contributed by atoms with Crippen molar-refractivity contribution in [1.82, 2.24) is 19.9 Å². The molecule has 25 heavy (non-hydrogen) atoms. The number of nitrogen functional groups attached to an aromatic ring is 1. The minimum Gasteiger partial charge on any atom is -0.475 e. The molecule has 0 bridgehead atoms. The lowest BCUT2D eigenvalue weighted by Gasteiger charge is -2.32. The smallest absolute Gasteiger partial charge is 0.254 e. The van der Waals surface area contributed by atoms with Crippen molar-refractivity contribution in [1.29, 1.82) is 0 Å².